The van der Waals surface area contributed by atoms with Crippen LogP contribution in [0.25, 0.3) is 0 Å². The maximum absolute atomic E-state index is 6.05. The summed E-state index contributed by atoms with van der Waals surface area (Å²) in [5, 5.41) is 3.19. The van der Waals surface area contributed by atoms with Crippen molar-refractivity contribution in [3.8, 4) is 0 Å². The second-order valence-electron chi connectivity index (χ2n) is 6.51. The lowest BCUT2D eigenvalue weighted by atomic mass is 9.98. The number of hydrogen-bond donors (Lipinski definition) is 2. The lowest BCUT2D eigenvalue weighted by Crippen LogP contribution is -2.41. The van der Waals surface area contributed by atoms with Gasteiger partial charge < -0.3 is 15.8 Å². The minimum atomic E-state index is 0.428. The number of para-hydroxylation sites is 1. The van der Waals surface area contributed by atoms with Crippen LogP contribution >= 0.6 is 0 Å². The van der Waals surface area contributed by atoms with Gasteiger partial charge in [-0.2, -0.15) is 0 Å². The highest BCUT2D eigenvalue weighted by atomic mass is 16.5. The van der Waals surface area contributed by atoms with Crippen LogP contribution in [0.5, 0.6) is 0 Å². The molecule has 1 unspecified atom stereocenters. The Morgan fingerprint density at radius 1 is 1.39 bits per heavy atom. The first kappa shape index (κ1) is 17.8. The molecule has 1 heterocycles. The average Bonchev–Trinajstić information content (AvgIpc) is 2.55. The Morgan fingerprint density at radius 3 is 2.78 bits per heavy atom. The molecule has 1 aromatic carbocycles. The van der Waals surface area contributed by atoms with Crippen molar-refractivity contribution in [2.75, 3.05) is 32.1 Å². The number of guanidine groups is 1. The van der Waals surface area contributed by atoms with Gasteiger partial charge in [-0.05, 0) is 44.8 Å². The monoisotopic (exact) mass is 318 g/mol. The summed E-state index contributed by atoms with van der Waals surface area (Å²) in [5.74, 6) is 1.32. The van der Waals surface area contributed by atoms with Gasteiger partial charge in [0.1, 0.15) is 0 Å². The lowest BCUT2D eigenvalue weighted by Gasteiger charge is -2.34. The molecule has 0 spiro atoms. The van der Waals surface area contributed by atoms with Crippen molar-refractivity contribution in [1.82, 2.24) is 4.90 Å². The molecule has 1 saturated heterocycles. The van der Waals surface area contributed by atoms with E-state index in [9.17, 15) is 0 Å². The number of piperidine rings is 1. The Morgan fingerprint density at radius 2 is 2.09 bits per heavy atom. The average molecular weight is 318 g/mol. The van der Waals surface area contributed by atoms with Crippen LogP contribution in [-0.4, -0.2) is 43.6 Å². The van der Waals surface area contributed by atoms with Crippen molar-refractivity contribution >= 4 is 11.6 Å². The summed E-state index contributed by atoms with van der Waals surface area (Å²) in [6.07, 6.45) is 2.57. The molecule has 1 fully saturated rings. The Hall–Kier alpha value is -1.59. The van der Waals surface area contributed by atoms with E-state index in [-0.39, 0.29) is 0 Å². The first-order valence-electron chi connectivity index (χ1n) is 8.48. The minimum Gasteiger partial charge on any atom is -0.380 e. The molecule has 3 N–H and O–H groups in total. The number of nitrogens with one attached hydrogen (secondary N) is 1. The summed E-state index contributed by atoms with van der Waals surface area (Å²) < 4.78 is 5.21. The maximum atomic E-state index is 6.05. The molecule has 128 valence electrons. The molecule has 2 rings (SSSR count). The number of methoxy groups -OCH3 is 1. The van der Waals surface area contributed by atoms with E-state index in [1.807, 2.05) is 24.3 Å². The number of nitrogens with zero attached hydrogens (tertiary/aromatic N) is 2. The Balaban J connectivity index is 1.87. The molecule has 0 aromatic heterocycles. The molecule has 1 aromatic rings. The molecule has 5 heteroatoms. The highest BCUT2D eigenvalue weighted by Crippen LogP contribution is 2.18. The number of benzene rings is 1. The molecular formula is C18H30N4O. The summed E-state index contributed by atoms with van der Waals surface area (Å²) >= 11 is 0. The molecule has 5 nitrogen and oxygen atoms in total. The summed E-state index contributed by atoms with van der Waals surface area (Å²) in [6.45, 7) is 8.17. The summed E-state index contributed by atoms with van der Waals surface area (Å²) in [4.78, 5) is 7.03. The molecular weight excluding hydrogens is 288 g/mol. The molecule has 1 aliphatic rings. The van der Waals surface area contributed by atoms with Gasteiger partial charge in [0, 0.05) is 24.4 Å². The van der Waals surface area contributed by atoms with Crippen LogP contribution in [0.3, 0.4) is 0 Å². The molecule has 0 aliphatic carbocycles. The van der Waals surface area contributed by atoms with E-state index in [1.54, 1.807) is 7.11 Å². The molecule has 0 bridgehead atoms. The van der Waals surface area contributed by atoms with Crippen molar-refractivity contribution in [2.24, 2.45) is 16.6 Å². The maximum Gasteiger partial charge on any atom is 0.193 e. The third-order valence-electron chi connectivity index (χ3n) is 4.55. The van der Waals surface area contributed by atoms with E-state index < -0.39 is 0 Å². The number of aliphatic imine (C=N–C) groups is 1. The normalized spacial score (nSPS) is 18.8. The lowest BCUT2D eigenvalue weighted by molar-refractivity contribution is 0.150. The van der Waals surface area contributed by atoms with Crippen molar-refractivity contribution in [1.29, 1.82) is 0 Å². The first-order valence-corrected chi connectivity index (χ1v) is 8.48. The molecule has 0 amide bonds. The zero-order valence-corrected chi connectivity index (χ0v) is 14.6. The van der Waals surface area contributed by atoms with E-state index in [0.29, 0.717) is 18.6 Å². The predicted molar refractivity (Wildman–Crippen MR) is 96.7 cm³/mol. The minimum absolute atomic E-state index is 0.428. The zero-order chi connectivity index (χ0) is 16.7. The molecule has 0 saturated carbocycles. The Bertz CT molecular complexity index is 509. The van der Waals surface area contributed by atoms with E-state index in [1.165, 1.54) is 25.9 Å². The van der Waals surface area contributed by atoms with E-state index in [4.69, 9.17) is 10.5 Å². The van der Waals surface area contributed by atoms with Gasteiger partial charge in [0.05, 0.1) is 13.2 Å². The van der Waals surface area contributed by atoms with Gasteiger partial charge in [-0.15, -0.1) is 0 Å². The van der Waals surface area contributed by atoms with Crippen LogP contribution < -0.4 is 11.1 Å². The molecule has 23 heavy (non-hydrogen) atoms. The van der Waals surface area contributed by atoms with Gasteiger partial charge >= 0.3 is 0 Å². The van der Waals surface area contributed by atoms with Crippen LogP contribution in [0, 0.1) is 5.92 Å². The number of nitrogens with two attached hydrogens (primary N) is 1. The van der Waals surface area contributed by atoms with Crippen LogP contribution in [-0.2, 0) is 11.3 Å². The van der Waals surface area contributed by atoms with Crippen molar-refractivity contribution in [3.63, 3.8) is 0 Å². The molecule has 1 atom stereocenters. The third kappa shape index (κ3) is 5.52. The number of ether oxygens (including phenoxy) is 1. The number of likely N-dealkylation sites (tertiary alicyclic amines) is 1. The fraction of sp³-hybridized carbons (Fsp3) is 0.611. The highest BCUT2D eigenvalue weighted by Gasteiger charge is 2.19. The Kier molecular flexibility index (Phi) is 6.86. The second-order valence-corrected chi connectivity index (χ2v) is 6.51. The fourth-order valence-electron chi connectivity index (χ4n) is 2.92. The smallest absolute Gasteiger partial charge is 0.193 e. The van der Waals surface area contributed by atoms with Crippen LogP contribution in [0.2, 0.25) is 0 Å². The predicted octanol–water partition coefficient (Wildman–Crippen LogP) is 2.68. The van der Waals surface area contributed by atoms with E-state index in [0.717, 1.165) is 23.7 Å². The summed E-state index contributed by atoms with van der Waals surface area (Å²) in [6, 6.07) is 8.42. The van der Waals surface area contributed by atoms with Crippen molar-refractivity contribution in [2.45, 2.75) is 39.3 Å². The van der Waals surface area contributed by atoms with E-state index >= 15 is 0 Å². The van der Waals surface area contributed by atoms with Gasteiger partial charge in [0.2, 0.25) is 0 Å². The van der Waals surface area contributed by atoms with Gasteiger partial charge in [-0.1, -0.05) is 25.1 Å². The number of anilines is 1. The quantitative estimate of drug-likeness (QED) is 0.625. The number of hydrogen-bond acceptors (Lipinski definition) is 3. The standard InChI is InChI=1S/C18H30N4O/c1-14-8-10-22(11-9-14)15(2)12-20-18(19)21-17-7-5-4-6-16(17)13-23-3/h4-7,14-15H,8-13H2,1-3H3,(H3,19,20,21). The van der Waals surface area contributed by atoms with Gasteiger partial charge in [-0.25, -0.2) is 0 Å². The SMILES string of the molecule is COCc1ccccc1NC(N)=NCC(C)N1CCC(C)CC1. The van der Waals surface area contributed by atoms with Crippen LogP contribution in [0.4, 0.5) is 5.69 Å². The third-order valence-corrected chi connectivity index (χ3v) is 4.55. The van der Waals surface area contributed by atoms with Crippen molar-refractivity contribution in [3.05, 3.63) is 29.8 Å². The first-order chi connectivity index (χ1) is 11.1. The molecule has 0 radical (unpaired) electrons. The highest BCUT2D eigenvalue weighted by molar-refractivity contribution is 5.92. The van der Waals surface area contributed by atoms with Gasteiger partial charge in [-0.3, -0.25) is 9.89 Å². The largest absolute Gasteiger partial charge is 0.380 e. The van der Waals surface area contributed by atoms with Crippen LogP contribution in [0.1, 0.15) is 32.3 Å². The molecule has 1 aliphatic heterocycles. The number of rotatable bonds is 6. The topological polar surface area (TPSA) is 62.9 Å². The van der Waals surface area contributed by atoms with E-state index in [2.05, 4.69) is 29.1 Å². The van der Waals surface area contributed by atoms with Gasteiger partial charge in [0.15, 0.2) is 5.96 Å². The zero-order valence-electron chi connectivity index (χ0n) is 14.6. The summed E-state index contributed by atoms with van der Waals surface area (Å²) in [7, 11) is 1.69. The van der Waals surface area contributed by atoms with Crippen molar-refractivity contribution < 1.29 is 4.74 Å². The van der Waals surface area contributed by atoms with Gasteiger partial charge in [0.25, 0.3) is 0 Å². The Labute approximate surface area is 139 Å². The fourth-order valence-corrected chi connectivity index (χ4v) is 2.92. The van der Waals surface area contributed by atoms with Crippen LogP contribution in [0.15, 0.2) is 29.3 Å². The second kappa shape index (κ2) is 8.89. The summed E-state index contributed by atoms with van der Waals surface area (Å²) in [5.41, 5.74) is 8.08.